The number of hydrogen-bond donors (Lipinski definition) is 3. The molecule has 0 saturated carbocycles. The lowest BCUT2D eigenvalue weighted by Gasteiger charge is -2.20. The van der Waals surface area contributed by atoms with E-state index in [4.69, 9.17) is 10.5 Å². The van der Waals surface area contributed by atoms with Gasteiger partial charge in [0, 0.05) is 18.2 Å². The monoisotopic (exact) mass is 418 g/mol. The molecule has 2 rings (SSSR count). The van der Waals surface area contributed by atoms with Gasteiger partial charge in [-0.15, -0.1) is 11.3 Å². The number of esters is 1. The van der Waals surface area contributed by atoms with E-state index in [-0.39, 0.29) is 17.9 Å². The van der Waals surface area contributed by atoms with E-state index in [1.807, 2.05) is 7.05 Å². The molecule has 6 nitrogen and oxygen atoms in total. The zero-order chi connectivity index (χ0) is 21.8. The number of anilines is 1. The molecule has 0 radical (unpaired) electrons. The largest absolute Gasteiger partial charge is 0.462 e. The predicted molar refractivity (Wildman–Crippen MR) is 118 cm³/mol. The van der Waals surface area contributed by atoms with Crippen molar-refractivity contribution in [1.29, 1.82) is 0 Å². The van der Waals surface area contributed by atoms with Crippen LogP contribution in [0.2, 0.25) is 0 Å². The Morgan fingerprint density at radius 3 is 2.31 bits per heavy atom. The number of quaternary nitrogens is 1. The SMILES string of the molecule is CCOC(=O)c1c(N)sc(C(=O)NC)c1C[NH+](C)Cc1ccc(C(C)(C)C)cc1. The van der Waals surface area contributed by atoms with Gasteiger partial charge in [-0.25, -0.2) is 4.79 Å². The number of benzene rings is 1. The van der Waals surface area contributed by atoms with Crippen LogP contribution in [0.4, 0.5) is 5.00 Å². The van der Waals surface area contributed by atoms with Crippen LogP contribution in [0.1, 0.15) is 64.4 Å². The first kappa shape index (κ1) is 22.9. The van der Waals surface area contributed by atoms with E-state index in [9.17, 15) is 9.59 Å². The molecule has 0 aliphatic rings. The van der Waals surface area contributed by atoms with Crippen molar-refractivity contribution in [3.05, 3.63) is 51.4 Å². The van der Waals surface area contributed by atoms with Crippen molar-refractivity contribution in [3.8, 4) is 0 Å². The first-order valence-corrected chi connectivity index (χ1v) is 10.6. The van der Waals surface area contributed by atoms with Crippen LogP contribution in [-0.4, -0.2) is 32.6 Å². The third-order valence-electron chi connectivity index (χ3n) is 4.75. The number of ether oxygens (including phenoxy) is 1. The van der Waals surface area contributed by atoms with Crippen molar-refractivity contribution in [3.63, 3.8) is 0 Å². The highest BCUT2D eigenvalue weighted by molar-refractivity contribution is 7.18. The molecule has 0 saturated heterocycles. The van der Waals surface area contributed by atoms with E-state index in [1.165, 1.54) is 11.1 Å². The number of amides is 1. The maximum Gasteiger partial charge on any atom is 0.341 e. The Balaban J connectivity index is 2.27. The van der Waals surface area contributed by atoms with Crippen LogP contribution in [0.25, 0.3) is 0 Å². The summed E-state index contributed by atoms with van der Waals surface area (Å²) in [4.78, 5) is 26.4. The molecule has 1 heterocycles. The molecule has 1 unspecified atom stereocenters. The standard InChI is InChI=1S/C22H31N3O3S/c1-7-28-21(27)17-16(18(20(26)24-5)29-19(17)23)13-25(6)12-14-8-10-15(11-9-14)22(2,3)4/h8-11H,7,12-13,23H2,1-6H3,(H,24,26)/p+1. The van der Waals surface area contributed by atoms with Gasteiger partial charge in [0.2, 0.25) is 0 Å². The first-order valence-electron chi connectivity index (χ1n) is 9.79. The predicted octanol–water partition coefficient (Wildman–Crippen LogP) is 2.38. The second kappa shape index (κ2) is 9.41. The first-order chi connectivity index (χ1) is 13.6. The van der Waals surface area contributed by atoms with Gasteiger partial charge < -0.3 is 20.7 Å². The van der Waals surface area contributed by atoms with E-state index in [0.717, 1.165) is 22.8 Å². The molecule has 0 spiro atoms. The van der Waals surface area contributed by atoms with Gasteiger partial charge in [-0.05, 0) is 17.9 Å². The van der Waals surface area contributed by atoms with Gasteiger partial charge in [-0.3, -0.25) is 4.79 Å². The molecular weight excluding hydrogens is 386 g/mol. The van der Waals surface area contributed by atoms with Gasteiger partial charge in [0.05, 0.1) is 13.7 Å². The Kier molecular flexibility index (Phi) is 7.43. The minimum atomic E-state index is -0.478. The summed E-state index contributed by atoms with van der Waals surface area (Å²) in [6.45, 7) is 9.83. The highest BCUT2D eigenvalue weighted by Crippen LogP contribution is 2.31. The van der Waals surface area contributed by atoms with Gasteiger partial charge in [-0.1, -0.05) is 45.0 Å². The zero-order valence-corrected chi connectivity index (χ0v) is 19.0. The normalized spacial score (nSPS) is 12.5. The lowest BCUT2D eigenvalue weighted by Crippen LogP contribution is -3.06. The van der Waals surface area contributed by atoms with Gasteiger partial charge in [0.15, 0.2) is 0 Å². The van der Waals surface area contributed by atoms with Crippen LogP contribution < -0.4 is 16.0 Å². The van der Waals surface area contributed by atoms with Crippen molar-refractivity contribution >= 4 is 28.2 Å². The molecule has 4 N–H and O–H groups in total. The fourth-order valence-electron chi connectivity index (χ4n) is 3.21. The number of carbonyl (C=O) groups excluding carboxylic acids is 2. The van der Waals surface area contributed by atoms with Crippen molar-refractivity contribution in [2.75, 3.05) is 26.4 Å². The van der Waals surface area contributed by atoms with Gasteiger partial charge in [-0.2, -0.15) is 0 Å². The van der Waals surface area contributed by atoms with Crippen LogP contribution in [0.15, 0.2) is 24.3 Å². The Morgan fingerprint density at radius 1 is 1.17 bits per heavy atom. The Bertz CT molecular complexity index is 867. The van der Waals surface area contributed by atoms with Crippen LogP contribution in [-0.2, 0) is 23.2 Å². The average molecular weight is 419 g/mol. The zero-order valence-electron chi connectivity index (χ0n) is 18.1. The number of thiophene rings is 1. The van der Waals surface area contributed by atoms with E-state index >= 15 is 0 Å². The molecule has 7 heteroatoms. The summed E-state index contributed by atoms with van der Waals surface area (Å²) in [5.74, 6) is -0.719. The fraction of sp³-hybridized carbons (Fsp3) is 0.455. The van der Waals surface area contributed by atoms with E-state index in [0.29, 0.717) is 27.5 Å². The number of carbonyl (C=O) groups is 2. The maximum absolute atomic E-state index is 12.4. The molecule has 0 aliphatic carbocycles. The van der Waals surface area contributed by atoms with Gasteiger partial charge in [0.25, 0.3) is 5.91 Å². The Morgan fingerprint density at radius 2 is 1.79 bits per heavy atom. The van der Waals surface area contributed by atoms with E-state index in [1.54, 1.807) is 14.0 Å². The number of rotatable bonds is 7. The number of hydrogen-bond acceptors (Lipinski definition) is 5. The van der Waals surface area contributed by atoms with Crippen LogP contribution >= 0.6 is 11.3 Å². The number of nitrogens with one attached hydrogen (secondary N) is 2. The third kappa shape index (κ3) is 5.58. The Hall–Kier alpha value is -2.38. The number of nitrogens with two attached hydrogens (primary N) is 1. The van der Waals surface area contributed by atoms with Crippen LogP contribution in [0.5, 0.6) is 0 Å². The highest BCUT2D eigenvalue weighted by Gasteiger charge is 2.28. The van der Waals surface area contributed by atoms with Crippen molar-refractivity contribution < 1.29 is 19.2 Å². The van der Waals surface area contributed by atoms with Gasteiger partial charge in [0.1, 0.15) is 28.5 Å². The lowest BCUT2D eigenvalue weighted by atomic mass is 9.87. The average Bonchev–Trinajstić information content (AvgIpc) is 2.96. The summed E-state index contributed by atoms with van der Waals surface area (Å²) in [5.41, 5.74) is 9.64. The minimum Gasteiger partial charge on any atom is -0.462 e. The minimum absolute atomic E-state index is 0.114. The molecule has 2 aromatic rings. The third-order valence-corrected chi connectivity index (χ3v) is 5.81. The second-order valence-corrected chi connectivity index (χ2v) is 9.26. The summed E-state index contributed by atoms with van der Waals surface area (Å²) in [6, 6.07) is 8.59. The lowest BCUT2D eigenvalue weighted by molar-refractivity contribution is -0.907. The summed E-state index contributed by atoms with van der Waals surface area (Å²) in [7, 11) is 3.60. The topological polar surface area (TPSA) is 85.9 Å². The molecule has 0 aliphatic heterocycles. The van der Waals surface area contributed by atoms with Crippen LogP contribution in [0, 0.1) is 0 Å². The molecule has 0 fully saturated rings. The maximum atomic E-state index is 12.4. The highest BCUT2D eigenvalue weighted by atomic mass is 32.1. The summed E-state index contributed by atoms with van der Waals surface area (Å²) in [6.07, 6.45) is 0. The summed E-state index contributed by atoms with van der Waals surface area (Å²) < 4.78 is 5.17. The Labute approximate surface area is 177 Å². The molecule has 1 aromatic carbocycles. The van der Waals surface area contributed by atoms with Crippen LogP contribution in [0.3, 0.4) is 0 Å². The smallest absolute Gasteiger partial charge is 0.341 e. The molecule has 1 atom stereocenters. The van der Waals surface area contributed by atoms with Gasteiger partial charge >= 0.3 is 5.97 Å². The van der Waals surface area contributed by atoms with Crippen molar-refractivity contribution in [2.24, 2.45) is 0 Å². The van der Waals surface area contributed by atoms with E-state index < -0.39 is 5.97 Å². The van der Waals surface area contributed by atoms with Crippen molar-refractivity contribution in [2.45, 2.75) is 46.2 Å². The van der Waals surface area contributed by atoms with Crippen molar-refractivity contribution in [1.82, 2.24) is 5.32 Å². The molecule has 1 amide bonds. The summed E-state index contributed by atoms with van der Waals surface area (Å²) >= 11 is 1.13. The molecule has 0 bridgehead atoms. The quantitative estimate of drug-likeness (QED) is 0.603. The molecule has 158 valence electrons. The molecule has 1 aromatic heterocycles. The second-order valence-electron chi connectivity index (χ2n) is 8.21. The molecule has 29 heavy (non-hydrogen) atoms. The molecular formula is C22H32N3O3S+. The van der Waals surface area contributed by atoms with E-state index in [2.05, 4.69) is 50.4 Å². The fourth-order valence-corrected chi connectivity index (χ4v) is 4.23. The number of nitrogen functional groups attached to an aromatic ring is 1. The summed E-state index contributed by atoms with van der Waals surface area (Å²) in [5, 5.41) is 2.95.